The summed E-state index contributed by atoms with van der Waals surface area (Å²) in [6.07, 6.45) is 2.74. The van der Waals surface area contributed by atoms with Gasteiger partial charge in [-0.3, -0.25) is 4.79 Å². The van der Waals surface area contributed by atoms with Gasteiger partial charge in [0.25, 0.3) is 0 Å². The Hall–Kier alpha value is -1.64. The summed E-state index contributed by atoms with van der Waals surface area (Å²) < 4.78 is 32.3. The van der Waals surface area contributed by atoms with Crippen LogP contribution in [0.1, 0.15) is 26.2 Å². The highest BCUT2D eigenvalue weighted by molar-refractivity contribution is 7.89. The van der Waals surface area contributed by atoms with Gasteiger partial charge in [-0.15, -0.1) is 0 Å². The maximum atomic E-state index is 12.8. The van der Waals surface area contributed by atoms with Crippen molar-refractivity contribution in [1.82, 2.24) is 4.31 Å². The lowest BCUT2D eigenvalue weighted by Crippen LogP contribution is -2.36. The van der Waals surface area contributed by atoms with E-state index >= 15 is 0 Å². The highest BCUT2D eigenvalue weighted by Crippen LogP contribution is 2.31. The van der Waals surface area contributed by atoms with Crippen LogP contribution in [-0.2, 0) is 14.8 Å². The number of amides is 1. The van der Waals surface area contributed by atoms with Gasteiger partial charge in [-0.2, -0.15) is 4.31 Å². The predicted octanol–water partition coefficient (Wildman–Crippen LogP) is 1.16. The van der Waals surface area contributed by atoms with Crippen LogP contribution in [0.15, 0.2) is 23.1 Å². The van der Waals surface area contributed by atoms with Gasteiger partial charge in [0.1, 0.15) is 10.6 Å². The second kappa shape index (κ2) is 7.29. The summed E-state index contributed by atoms with van der Waals surface area (Å²) >= 11 is 0. The molecule has 23 heavy (non-hydrogen) atoms. The van der Waals surface area contributed by atoms with Crippen molar-refractivity contribution in [3.8, 4) is 5.75 Å². The number of nitrogens with two attached hydrogens (primary N) is 1. The molecule has 7 nitrogen and oxygen atoms in total. The van der Waals surface area contributed by atoms with E-state index in [4.69, 9.17) is 10.5 Å². The normalized spacial score (nSPS) is 17.5. The van der Waals surface area contributed by atoms with E-state index in [2.05, 4.69) is 5.32 Å². The van der Waals surface area contributed by atoms with Crippen molar-refractivity contribution in [2.75, 3.05) is 25.5 Å². The first-order valence-electron chi connectivity index (χ1n) is 7.61. The number of piperidine rings is 1. The lowest BCUT2D eigenvalue weighted by Gasteiger charge is -2.26. The van der Waals surface area contributed by atoms with E-state index in [1.807, 2.05) is 0 Å². The average molecular weight is 341 g/mol. The number of anilines is 1. The molecule has 2 rings (SSSR count). The molecule has 1 aromatic rings. The van der Waals surface area contributed by atoms with Crippen molar-refractivity contribution in [2.24, 2.45) is 5.73 Å². The summed E-state index contributed by atoms with van der Waals surface area (Å²) in [6, 6.07) is 3.87. The number of methoxy groups -OCH3 is 1. The van der Waals surface area contributed by atoms with Gasteiger partial charge < -0.3 is 15.8 Å². The molecule has 1 fully saturated rings. The Bertz CT molecular complexity index is 667. The predicted molar refractivity (Wildman–Crippen MR) is 87.9 cm³/mol. The molecule has 1 aliphatic rings. The number of sulfonamides is 1. The van der Waals surface area contributed by atoms with Crippen LogP contribution in [0.4, 0.5) is 5.69 Å². The molecule has 0 aromatic heterocycles. The molecule has 3 N–H and O–H groups in total. The zero-order valence-corrected chi connectivity index (χ0v) is 14.2. The standard InChI is InChI=1S/C15H23N3O4S/c1-11(16)15(19)17-12-6-7-13(22-2)14(10-12)23(20,21)18-8-4-3-5-9-18/h6-7,10-11H,3-5,8-9,16H2,1-2H3,(H,17,19). The molecular formula is C15H23N3O4S. The van der Waals surface area contributed by atoms with Crippen LogP contribution in [0, 0.1) is 0 Å². The fourth-order valence-electron chi connectivity index (χ4n) is 2.46. The van der Waals surface area contributed by atoms with Gasteiger partial charge in [0.2, 0.25) is 15.9 Å². The van der Waals surface area contributed by atoms with Crippen molar-refractivity contribution in [1.29, 1.82) is 0 Å². The minimum atomic E-state index is -3.66. The summed E-state index contributed by atoms with van der Waals surface area (Å²) in [7, 11) is -2.24. The quantitative estimate of drug-likeness (QED) is 0.837. The average Bonchev–Trinajstić information content (AvgIpc) is 2.55. The Labute approximate surface area is 136 Å². The zero-order chi connectivity index (χ0) is 17.0. The molecule has 1 unspecified atom stereocenters. The van der Waals surface area contributed by atoms with Gasteiger partial charge in [-0.25, -0.2) is 8.42 Å². The van der Waals surface area contributed by atoms with Gasteiger partial charge >= 0.3 is 0 Å². The fourth-order valence-corrected chi connectivity index (χ4v) is 4.16. The highest BCUT2D eigenvalue weighted by Gasteiger charge is 2.29. The van der Waals surface area contributed by atoms with Crippen LogP contribution in [0.3, 0.4) is 0 Å². The van der Waals surface area contributed by atoms with Crippen molar-refractivity contribution in [2.45, 2.75) is 37.1 Å². The number of nitrogens with one attached hydrogen (secondary N) is 1. The number of carbonyl (C=O) groups excluding carboxylic acids is 1. The van der Waals surface area contributed by atoms with Crippen LogP contribution in [0.2, 0.25) is 0 Å². The Balaban J connectivity index is 2.36. The van der Waals surface area contributed by atoms with E-state index < -0.39 is 16.1 Å². The SMILES string of the molecule is COc1ccc(NC(=O)C(C)N)cc1S(=O)(=O)N1CCCCC1. The van der Waals surface area contributed by atoms with Crippen molar-refractivity contribution >= 4 is 21.6 Å². The maximum Gasteiger partial charge on any atom is 0.246 e. The molecule has 128 valence electrons. The second-order valence-corrected chi connectivity index (χ2v) is 7.51. The number of rotatable bonds is 5. The Morgan fingerprint density at radius 3 is 2.52 bits per heavy atom. The highest BCUT2D eigenvalue weighted by atomic mass is 32.2. The van der Waals surface area contributed by atoms with E-state index in [-0.39, 0.29) is 16.6 Å². The Morgan fingerprint density at radius 2 is 1.96 bits per heavy atom. The molecule has 1 atom stereocenters. The third-order valence-corrected chi connectivity index (χ3v) is 5.70. The summed E-state index contributed by atoms with van der Waals surface area (Å²) in [5.41, 5.74) is 5.90. The van der Waals surface area contributed by atoms with Crippen molar-refractivity contribution in [3.05, 3.63) is 18.2 Å². The van der Waals surface area contributed by atoms with Gasteiger partial charge in [0.05, 0.1) is 13.2 Å². The van der Waals surface area contributed by atoms with Gasteiger partial charge in [-0.1, -0.05) is 6.42 Å². The summed E-state index contributed by atoms with van der Waals surface area (Å²) in [6.45, 7) is 2.56. The number of hydrogen-bond donors (Lipinski definition) is 2. The van der Waals surface area contributed by atoms with E-state index in [0.29, 0.717) is 18.8 Å². The number of ether oxygens (including phenoxy) is 1. The monoisotopic (exact) mass is 341 g/mol. The van der Waals surface area contributed by atoms with Gasteiger partial charge in [0.15, 0.2) is 0 Å². The molecule has 0 radical (unpaired) electrons. The summed E-state index contributed by atoms with van der Waals surface area (Å²) in [5.74, 6) is -0.120. The van der Waals surface area contributed by atoms with Crippen molar-refractivity contribution < 1.29 is 17.9 Å². The Morgan fingerprint density at radius 1 is 1.30 bits per heavy atom. The van der Waals surface area contributed by atoms with Crippen LogP contribution in [0.25, 0.3) is 0 Å². The molecule has 1 heterocycles. The number of nitrogens with zero attached hydrogens (tertiary/aromatic N) is 1. The third kappa shape index (κ3) is 4.01. The second-order valence-electron chi connectivity index (χ2n) is 5.61. The molecule has 1 aromatic carbocycles. The van der Waals surface area contributed by atoms with E-state index in [9.17, 15) is 13.2 Å². The molecule has 8 heteroatoms. The molecule has 0 spiro atoms. The topological polar surface area (TPSA) is 102 Å². The van der Waals surface area contributed by atoms with Crippen molar-refractivity contribution in [3.63, 3.8) is 0 Å². The molecule has 0 aliphatic carbocycles. The van der Waals surface area contributed by atoms with Crippen LogP contribution in [0.5, 0.6) is 5.75 Å². The first-order valence-corrected chi connectivity index (χ1v) is 9.05. The maximum absolute atomic E-state index is 12.8. The Kier molecular flexibility index (Phi) is 5.61. The minimum absolute atomic E-state index is 0.0596. The lowest BCUT2D eigenvalue weighted by molar-refractivity contribution is -0.117. The molecular weight excluding hydrogens is 318 g/mol. The molecule has 1 aliphatic heterocycles. The van der Waals surface area contributed by atoms with E-state index in [1.165, 1.54) is 23.5 Å². The van der Waals surface area contributed by atoms with Gasteiger partial charge in [-0.05, 0) is 38.0 Å². The number of benzene rings is 1. The molecule has 1 saturated heterocycles. The van der Waals surface area contributed by atoms with E-state index in [1.54, 1.807) is 13.0 Å². The zero-order valence-electron chi connectivity index (χ0n) is 13.4. The minimum Gasteiger partial charge on any atom is -0.495 e. The summed E-state index contributed by atoms with van der Waals surface area (Å²) in [4.78, 5) is 11.8. The number of carbonyl (C=O) groups is 1. The summed E-state index contributed by atoms with van der Waals surface area (Å²) in [5, 5.41) is 2.61. The molecule has 1 amide bonds. The first kappa shape index (κ1) is 17.7. The van der Waals surface area contributed by atoms with E-state index in [0.717, 1.165) is 19.3 Å². The fraction of sp³-hybridized carbons (Fsp3) is 0.533. The van der Waals surface area contributed by atoms with Crippen LogP contribution < -0.4 is 15.8 Å². The van der Waals surface area contributed by atoms with Crippen LogP contribution >= 0.6 is 0 Å². The smallest absolute Gasteiger partial charge is 0.246 e. The number of hydrogen-bond acceptors (Lipinski definition) is 5. The molecule has 0 bridgehead atoms. The lowest BCUT2D eigenvalue weighted by atomic mass is 10.2. The van der Waals surface area contributed by atoms with Gasteiger partial charge in [0, 0.05) is 18.8 Å². The first-order chi connectivity index (χ1) is 10.9. The van der Waals surface area contributed by atoms with Crippen LogP contribution in [-0.4, -0.2) is 44.9 Å². The third-order valence-electron chi connectivity index (χ3n) is 3.78. The molecule has 0 saturated carbocycles. The largest absolute Gasteiger partial charge is 0.495 e.